The highest BCUT2D eigenvalue weighted by molar-refractivity contribution is 6.35. The number of carbonyl (C=O) groups is 2. The first-order chi connectivity index (χ1) is 27.5. The number of aryl methyl sites for hydroxylation is 1. The normalized spacial score (nSPS) is 19.2. The number of hydrogen-bond donors (Lipinski definition) is 4. The maximum atomic E-state index is 14.5. The van der Waals surface area contributed by atoms with Crippen molar-refractivity contribution in [2.75, 3.05) is 20.2 Å². The van der Waals surface area contributed by atoms with E-state index in [2.05, 4.69) is 31.2 Å². The van der Waals surface area contributed by atoms with Crippen molar-refractivity contribution in [3.8, 4) is 34.3 Å². The molecule has 0 unspecified atom stereocenters. The number of carbonyl (C=O) groups excluding carboxylic acids is 2. The van der Waals surface area contributed by atoms with E-state index in [1.54, 1.807) is 6.20 Å². The summed E-state index contributed by atoms with van der Waals surface area (Å²) in [6, 6.07) is 12.4. The van der Waals surface area contributed by atoms with Crippen molar-refractivity contribution in [2.24, 2.45) is 7.05 Å². The van der Waals surface area contributed by atoms with Gasteiger partial charge in [0, 0.05) is 92.6 Å². The van der Waals surface area contributed by atoms with E-state index in [0.717, 1.165) is 45.8 Å². The highest BCUT2D eigenvalue weighted by Gasteiger charge is 2.39. The van der Waals surface area contributed by atoms with Gasteiger partial charge in [0.2, 0.25) is 23.6 Å². The van der Waals surface area contributed by atoms with Crippen LogP contribution in [0.3, 0.4) is 0 Å². The minimum absolute atomic E-state index is 0.0198. The average molecular weight is 803 g/mol. The molecule has 2 aliphatic heterocycles. The van der Waals surface area contributed by atoms with Crippen LogP contribution in [0.1, 0.15) is 66.0 Å². The quantitative estimate of drug-likeness (QED) is 0.110. The summed E-state index contributed by atoms with van der Waals surface area (Å²) in [5, 5.41) is 13.8. The van der Waals surface area contributed by atoms with E-state index in [9.17, 15) is 22.8 Å². The first kappa shape index (κ1) is 38.6. The number of methoxy groups -OCH3 is 1. The molecule has 3 atom stereocenters. The first-order valence-corrected chi connectivity index (χ1v) is 19.4. The van der Waals surface area contributed by atoms with Gasteiger partial charge in [-0.2, -0.15) is 18.2 Å². The zero-order valence-electron chi connectivity index (χ0n) is 31.4. The number of hydrogen-bond acceptors (Lipinski definition) is 9. The van der Waals surface area contributed by atoms with Gasteiger partial charge in [0.15, 0.2) is 0 Å². The maximum absolute atomic E-state index is 14.5. The third-order valence-electron chi connectivity index (χ3n) is 10.9. The minimum atomic E-state index is -4.74. The van der Waals surface area contributed by atoms with Crippen LogP contribution in [0, 0.1) is 0 Å². The van der Waals surface area contributed by atoms with E-state index in [-0.39, 0.29) is 41.9 Å². The Labute approximate surface area is 331 Å². The van der Waals surface area contributed by atoms with E-state index in [4.69, 9.17) is 26.1 Å². The predicted octanol–water partition coefficient (Wildman–Crippen LogP) is 6.18. The van der Waals surface area contributed by atoms with Gasteiger partial charge in [-0.15, -0.1) is 0 Å². The van der Waals surface area contributed by atoms with Crippen LogP contribution < -0.4 is 30.7 Å². The summed E-state index contributed by atoms with van der Waals surface area (Å²) < 4.78 is 57.0. The first-order valence-electron chi connectivity index (χ1n) is 19.0. The number of fused-ring (bicyclic) bond motifs is 2. The number of halogens is 4. The monoisotopic (exact) mass is 802 g/mol. The molecular formula is C41H42ClF3N8O4. The van der Waals surface area contributed by atoms with Crippen LogP contribution in [0.15, 0.2) is 54.9 Å². The zero-order chi connectivity index (χ0) is 39.8. The summed E-state index contributed by atoms with van der Waals surface area (Å²) in [5.74, 6) is -0.487. The van der Waals surface area contributed by atoms with E-state index in [0.29, 0.717) is 73.7 Å². The number of amides is 2. The summed E-state index contributed by atoms with van der Waals surface area (Å²) in [5.41, 5.74) is 5.38. The van der Waals surface area contributed by atoms with Gasteiger partial charge in [-0.1, -0.05) is 29.8 Å². The summed E-state index contributed by atoms with van der Waals surface area (Å²) in [7, 11) is 3.30. The molecule has 0 bridgehead atoms. The Morgan fingerprint density at radius 2 is 1.61 bits per heavy atom. The Morgan fingerprint density at radius 1 is 0.895 bits per heavy atom. The molecule has 2 saturated heterocycles. The van der Waals surface area contributed by atoms with Gasteiger partial charge >= 0.3 is 6.18 Å². The Hall–Kier alpha value is -5.25. The van der Waals surface area contributed by atoms with Crippen LogP contribution in [0.2, 0.25) is 5.02 Å². The largest absolute Gasteiger partial charge is 0.481 e. The summed E-state index contributed by atoms with van der Waals surface area (Å²) in [6.45, 7) is 1.78. The lowest BCUT2D eigenvalue weighted by Crippen LogP contribution is -2.35. The van der Waals surface area contributed by atoms with Crippen molar-refractivity contribution in [2.45, 2.75) is 76.0 Å². The molecule has 1 aromatic carbocycles. The number of rotatable bonds is 13. The average Bonchev–Trinajstić information content (AvgIpc) is 3.98. The highest BCUT2D eigenvalue weighted by Crippen LogP contribution is 2.45. The van der Waals surface area contributed by atoms with Crippen LogP contribution in [0.25, 0.3) is 33.5 Å². The molecule has 2 amide bonds. The summed E-state index contributed by atoms with van der Waals surface area (Å²) >= 11 is 7.13. The molecule has 2 fully saturated rings. The molecule has 12 nitrogen and oxygen atoms in total. The van der Waals surface area contributed by atoms with Gasteiger partial charge in [0.1, 0.15) is 17.3 Å². The number of pyridine rings is 3. The number of nitrogens with one attached hydrogen (secondary N) is 4. The van der Waals surface area contributed by atoms with Crippen LogP contribution >= 0.6 is 11.6 Å². The van der Waals surface area contributed by atoms with Crippen LogP contribution in [0.5, 0.6) is 11.8 Å². The molecule has 6 heterocycles. The number of nitrogens with zero attached hydrogens (tertiary/aromatic N) is 4. The Morgan fingerprint density at radius 3 is 2.28 bits per heavy atom. The lowest BCUT2D eigenvalue weighted by Gasteiger charge is -2.21. The molecule has 3 aliphatic rings. The highest BCUT2D eigenvalue weighted by atomic mass is 35.5. The number of aromatic nitrogens is 4. The second kappa shape index (κ2) is 15.9. The third kappa shape index (κ3) is 8.00. The van der Waals surface area contributed by atoms with E-state index in [1.165, 1.54) is 7.11 Å². The van der Waals surface area contributed by atoms with E-state index < -0.39 is 23.7 Å². The topological polar surface area (TPSA) is 144 Å². The smallest absolute Gasteiger partial charge is 0.421 e. The molecule has 0 saturated carbocycles. The zero-order valence-corrected chi connectivity index (χ0v) is 32.2. The molecule has 298 valence electrons. The molecule has 1 aliphatic carbocycles. The Bertz CT molecular complexity index is 2350. The van der Waals surface area contributed by atoms with Crippen molar-refractivity contribution in [1.82, 2.24) is 40.8 Å². The fraction of sp³-hybridized carbons (Fsp3) is 0.390. The number of ether oxygens (including phenoxy) is 2. The fourth-order valence-electron chi connectivity index (χ4n) is 8.09. The van der Waals surface area contributed by atoms with Gasteiger partial charge in [-0.05, 0) is 66.6 Å². The van der Waals surface area contributed by atoms with E-state index in [1.807, 2.05) is 54.2 Å². The summed E-state index contributed by atoms with van der Waals surface area (Å²) in [6.07, 6.45) is 1.69. The van der Waals surface area contributed by atoms with Crippen molar-refractivity contribution in [1.29, 1.82) is 0 Å². The van der Waals surface area contributed by atoms with Gasteiger partial charge in [0.05, 0.1) is 23.5 Å². The predicted molar refractivity (Wildman–Crippen MR) is 208 cm³/mol. The van der Waals surface area contributed by atoms with Gasteiger partial charge in [-0.3, -0.25) is 14.6 Å². The Balaban J connectivity index is 1.02. The van der Waals surface area contributed by atoms with Crippen molar-refractivity contribution >= 4 is 34.4 Å². The Kier molecular flexibility index (Phi) is 10.8. The molecule has 0 radical (unpaired) electrons. The molecule has 4 N–H and O–H groups in total. The fourth-order valence-corrected chi connectivity index (χ4v) is 8.40. The maximum Gasteiger partial charge on any atom is 0.421 e. The van der Waals surface area contributed by atoms with Gasteiger partial charge in [-0.25, -0.2) is 4.98 Å². The minimum Gasteiger partial charge on any atom is -0.481 e. The second-order valence-electron chi connectivity index (χ2n) is 14.7. The standard InChI is InChI=1S/C41H42ClF3N8O4/c1-53-21-23(18-47-20-25-7-13-35(55)50-25)26-8-10-32(51-38(26)53)30-14-15-48-37(36(30)42)29-5-3-4-28-27(29)9-11-33(28)57-40-31(41(43,44)45)16-22(39(52-40)56-2)17-46-19-24-6-12-34(54)49-24/h3-5,8,10,14-16,21,24-25,33,46-47H,6-7,9,11-13,17-20H2,1-2H3,(H,49,54)(H,50,55)/t24-,25+,33-/m1/s1. The van der Waals surface area contributed by atoms with Crippen molar-refractivity contribution in [3.63, 3.8) is 0 Å². The van der Waals surface area contributed by atoms with Crippen LogP contribution in [-0.2, 0) is 42.3 Å². The molecule has 5 aromatic rings. The van der Waals surface area contributed by atoms with E-state index >= 15 is 0 Å². The molecule has 4 aromatic heterocycles. The number of benzene rings is 1. The molecule has 8 rings (SSSR count). The molecular weight excluding hydrogens is 761 g/mol. The SMILES string of the molecule is COc1nc(O[C@@H]2CCc3c(-c4nccc(-c5ccc6c(CNC[C@@H]7CCC(=O)N7)cn(C)c6n5)c4Cl)cccc32)c(C(F)(F)F)cc1CNC[C@H]1CCC(=O)N1. The van der Waals surface area contributed by atoms with Crippen molar-refractivity contribution < 1.29 is 32.2 Å². The third-order valence-corrected chi connectivity index (χ3v) is 11.3. The van der Waals surface area contributed by atoms with Crippen LogP contribution in [-0.4, -0.2) is 63.6 Å². The molecule has 16 heteroatoms. The molecule has 0 spiro atoms. The molecule has 57 heavy (non-hydrogen) atoms. The lowest BCUT2D eigenvalue weighted by molar-refractivity contribution is -0.139. The van der Waals surface area contributed by atoms with Crippen molar-refractivity contribution in [3.05, 3.63) is 87.7 Å². The van der Waals surface area contributed by atoms with Gasteiger partial charge in [0.25, 0.3) is 0 Å². The van der Waals surface area contributed by atoms with Crippen LogP contribution in [0.4, 0.5) is 13.2 Å². The van der Waals surface area contributed by atoms with Gasteiger partial charge < -0.3 is 35.3 Å². The second-order valence-corrected chi connectivity index (χ2v) is 15.1. The lowest BCUT2D eigenvalue weighted by atomic mass is 9.98. The number of alkyl halides is 3. The summed E-state index contributed by atoms with van der Waals surface area (Å²) in [4.78, 5) is 37.0.